The zero-order chi connectivity index (χ0) is 14.7. The summed E-state index contributed by atoms with van der Waals surface area (Å²) in [5.74, 6) is -0.124. The summed E-state index contributed by atoms with van der Waals surface area (Å²) in [5, 5.41) is 6.37. The number of carbonyl (C=O) groups excluding carboxylic acids is 1. The van der Waals surface area contributed by atoms with Crippen LogP contribution in [0, 0.1) is 0 Å². The van der Waals surface area contributed by atoms with Crippen LogP contribution in [0.3, 0.4) is 0 Å². The van der Waals surface area contributed by atoms with Crippen LogP contribution in [0.1, 0.15) is 36.2 Å². The van der Waals surface area contributed by atoms with E-state index >= 15 is 0 Å². The molecule has 5 heteroatoms. The summed E-state index contributed by atoms with van der Waals surface area (Å²) < 4.78 is 0. The van der Waals surface area contributed by atoms with Gasteiger partial charge in [-0.1, -0.05) is 12.1 Å². The summed E-state index contributed by atoms with van der Waals surface area (Å²) >= 11 is 0. The maximum absolute atomic E-state index is 12.3. The minimum absolute atomic E-state index is 0.124. The quantitative estimate of drug-likeness (QED) is 0.903. The molecule has 0 saturated heterocycles. The van der Waals surface area contributed by atoms with Crippen LogP contribution in [-0.4, -0.2) is 35.0 Å². The summed E-state index contributed by atoms with van der Waals surface area (Å²) in [4.78, 5) is 21.0. The van der Waals surface area contributed by atoms with E-state index in [0.29, 0.717) is 11.7 Å². The molecule has 0 radical (unpaired) electrons. The van der Waals surface area contributed by atoms with Crippen LogP contribution in [0.15, 0.2) is 30.5 Å². The molecular weight excluding hydrogens is 264 g/mol. The molecule has 0 atom stereocenters. The Morgan fingerprint density at radius 3 is 2.48 bits per heavy atom. The number of para-hydroxylation sites is 2. The van der Waals surface area contributed by atoms with Crippen molar-refractivity contribution in [3.8, 4) is 0 Å². The molecule has 1 aliphatic rings. The molecule has 21 heavy (non-hydrogen) atoms. The van der Waals surface area contributed by atoms with Gasteiger partial charge in [-0.3, -0.25) is 9.78 Å². The van der Waals surface area contributed by atoms with Crippen molar-refractivity contribution in [1.29, 1.82) is 0 Å². The molecule has 0 bridgehead atoms. The van der Waals surface area contributed by atoms with Crippen LogP contribution in [0.5, 0.6) is 0 Å². The van der Waals surface area contributed by atoms with Gasteiger partial charge in [0.25, 0.3) is 5.91 Å². The van der Waals surface area contributed by atoms with Gasteiger partial charge in [-0.25, -0.2) is 4.98 Å². The first-order chi connectivity index (χ1) is 10.3. The van der Waals surface area contributed by atoms with E-state index in [4.69, 9.17) is 0 Å². The lowest BCUT2D eigenvalue weighted by atomic mass is 9.91. The van der Waals surface area contributed by atoms with E-state index in [9.17, 15) is 4.79 Å². The molecule has 0 aliphatic heterocycles. The van der Waals surface area contributed by atoms with Gasteiger partial charge in [-0.05, 0) is 44.9 Å². The van der Waals surface area contributed by atoms with E-state index in [1.165, 1.54) is 0 Å². The van der Waals surface area contributed by atoms with E-state index in [2.05, 4.69) is 20.6 Å². The highest BCUT2D eigenvalue weighted by molar-refractivity contribution is 5.93. The number of benzene rings is 1. The molecule has 2 N–H and O–H groups in total. The van der Waals surface area contributed by atoms with Crippen molar-refractivity contribution in [3.05, 3.63) is 36.2 Å². The monoisotopic (exact) mass is 284 g/mol. The first kappa shape index (κ1) is 13.9. The fraction of sp³-hybridized carbons (Fsp3) is 0.438. The molecule has 1 heterocycles. The SMILES string of the molecule is CNC1CCC(NC(=O)c2cnc3ccccc3n2)CC1. The Morgan fingerprint density at radius 1 is 1.10 bits per heavy atom. The molecule has 3 rings (SSSR count). The van der Waals surface area contributed by atoms with Gasteiger partial charge in [-0.2, -0.15) is 0 Å². The first-order valence-electron chi connectivity index (χ1n) is 7.46. The van der Waals surface area contributed by atoms with E-state index in [1.54, 1.807) is 6.20 Å². The van der Waals surface area contributed by atoms with Crippen LogP contribution in [0.25, 0.3) is 11.0 Å². The van der Waals surface area contributed by atoms with Crippen molar-refractivity contribution in [2.24, 2.45) is 0 Å². The third kappa shape index (κ3) is 3.19. The van der Waals surface area contributed by atoms with E-state index in [1.807, 2.05) is 31.3 Å². The fourth-order valence-electron chi connectivity index (χ4n) is 2.85. The lowest BCUT2D eigenvalue weighted by molar-refractivity contribution is 0.0919. The van der Waals surface area contributed by atoms with Crippen molar-refractivity contribution < 1.29 is 4.79 Å². The second kappa shape index (κ2) is 6.18. The van der Waals surface area contributed by atoms with Crippen molar-refractivity contribution in [2.45, 2.75) is 37.8 Å². The summed E-state index contributed by atoms with van der Waals surface area (Å²) in [5.41, 5.74) is 1.96. The maximum Gasteiger partial charge on any atom is 0.271 e. The number of amides is 1. The molecule has 1 aromatic heterocycles. The lowest BCUT2D eigenvalue weighted by Crippen LogP contribution is -2.41. The van der Waals surface area contributed by atoms with Crippen LogP contribution >= 0.6 is 0 Å². The predicted octanol–water partition coefficient (Wildman–Crippen LogP) is 1.89. The van der Waals surface area contributed by atoms with Crippen LogP contribution < -0.4 is 10.6 Å². The summed E-state index contributed by atoms with van der Waals surface area (Å²) in [6, 6.07) is 8.41. The zero-order valence-electron chi connectivity index (χ0n) is 12.2. The minimum Gasteiger partial charge on any atom is -0.348 e. The molecule has 5 nitrogen and oxygen atoms in total. The second-order valence-electron chi connectivity index (χ2n) is 5.55. The number of fused-ring (bicyclic) bond motifs is 1. The molecule has 2 aromatic rings. The standard InChI is InChI=1S/C16H20N4O/c1-17-11-6-8-12(9-7-11)19-16(21)15-10-18-13-4-2-3-5-14(13)20-15/h2-5,10-12,17H,6-9H2,1H3,(H,19,21). The largest absolute Gasteiger partial charge is 0.348 e. The van der Waals surface area contributed by atoms with E-state index in [0.717, 1.165) is 36.7 Å². The highest BCUT2D eigenvalue weighted by Gasteiger charge is 2.22. The summed E-state index contributed by atoms with van der Waals surface area (Å²) in [7, 11) is 1.99. The van der Waals surface area contributed by atoms with Gasteiger partial charge in [0.2, 0.25) is 0 Å². The normalized spacial score (nSPS) is 22.1. The van der Waals surface area contributed by atoms with Gasteiger partial charge in [0, 0.05) is 12.1 Å². The van der Waals surface area contributed by atoms with Crippen molar-refractivity contribution in [1.82, 2.24) is 20.6 Å². The molecule has 0 unspecified atom stereocenters. The Bertz CT molecular complexity index is 635. The van der Waals surface area contributed by atoms with Gasteiger partial charge in [0.1, 0.15) is 5.69 Å². The number of nitrogens with one attached hydrogen (secondary N) is 2. The number of carbonyl (C=O) groups is 1. The number of aromatic nitrogens is 2. The first-order valence-corrected chi connectivity index (χ1v) is 7.46. The molecule has 110 valence electrons. The second-order valence-corrected chi connectivity index (χ2v) is 5.55. The Labute approximate surface area is 124 Å². The summed E-state index contributed by atoms with van der Waals surface area (Å²) in [6.45, 7) is 0. The molecular formula is C16H20N4O. The number of hydrogen-bond acceptors (Lipinski definition) is 4. The van der Waals surface area contributed by atoms with E-state index in [-0.39, 0.29) is 11.9 Å². The highest BCUT2D eigenvalue weighted by atomic mass is 16.1. The Morgan fingerprint density at radius 2 is 1.76 bits per heavy atom. The van der Waals surface area contributed by atoms with Crippen LogP contribution in [0.4, 0.5) is 0 Å². The molecule has 0 spiro atoms. The molecule has 1 fully saturated rings. The number of rotatable bonds is 3. The molecule has 1 amide bonds. The Hall–Kier alpha value is -2.01. The molecule has 1 aromatic carbocycles. The van der Waals surface area contributed by atoms with Crippen LogP contribution in [-0.2, 0) is 0 Å². The van der Waals surface area contributed by atoms with Gasteiger partial charge in [0.05, 0.1) is 17.2 Å². The van der Waals surface area contributed by atoms with Crippen molar-refractivity contribution in [2.75, 3.05) is 7.05 Å². The van der Waals surface area contributed by atoms with Crippen LogP contribution in [0.2, 0.25) is 0 Å². The fourth-order valence-corrected chi connectivity index (χ4v) is 2.85. The number of hydrogen-bond donors (Lipinski definition) is 2. The third-order valence-corrected chi connectivity index (χ3v) is 4.15. The molecule has 1 saturated carbocycles. The van der Waals surface area contributed by atoms with Crippen molar-refractivity contribution >= 4 is 16.9 Å². The topological polar surface area (TPSA) is 66.9 Å². The Kier molecular flexibility index (Phi) is 4.10. The zero-order valence-corrected chi connectivity index (χ0v) is 12.2. The van der Waals surface area contributed by atoms with Gasteiger partial charge in [0.15, 0.2) is 0 Å². The molecule has 1 aliphatic carbocycles. The van der Waals surface area contributed by atoms with Gasteiger partial charge in [-0.15, -0.1) is 0 Å². The smallest absolute Gasteiger partial charge is 0.271 e. The van der Waals surface area contributed by atoms with Gasteiger partial charge >= 0.3 is 0 Å². The lowest BCUT2D eigenvalue weighted by Gasteiger charge is -2.28. The number of nitrogens with zero attached hydrogens (tertiary/aromatic N) is 2. The Balaban J connectivity index is 1.67. The summed E-state index contributed by atoms with van der Waals surface area (Å²) in [6.07, 6.45) is 5.78. The third-order valence-electron chi connectivity index (χ3n) is 4.15. The van der Waals surface area contributed by atoms with E-state index < -0.39 is 0 Å². The minimum atomic E-state index is -0.124. The average molecular weight is 284 g/mol. The maximum atomic E-state index is 12.3. The average Bonchev–Trinajstić information content (AvgIpc) is 2.55. The highest BCUT2D eigenvalue weighted by Crippen LogP contribution is 2.18. The predicted molar refractivity (Wildman–Crippen MR) is 82.1 cm³/mol. The van der Waals surface area contributed by atoms with Gasteiger partial charge < -0.3 is 10.6 Å². The van der Waals surface area contributed by atoms with Crippen molar-refractivity contribution in [3.63, 3.8) is 0 Å².